The van der Waals surface area contributed by atoms with Crippen LogP contribution in [0.4, 0.5) is 5.69 Å². The van der Waals surface area contributed by atoms with Gasteiger partial charge >= 0.3 is 11.9 Å². The summed E-state index contributed by atoms with van der Waals surface area (Å²) in [6, 6.07) is 6.17. The van der Waals surface area contributed by atoms with E-state index in [1.165, 1.54) is 12.1 Å². The van der Waals surface area contributed by atoms with Gasteiger partial charge in [-0.25, -0.2) is 0 Å². The second kappa shape index (κ2) is 8.04. The van der Waals surface area contributed by atoms with E-state index in [1.54, 1.807) is 12.1 Å². The molecular formula is C14H17NO5. The molecule has 0 aliphatic heterocycles. The Balaban J connectivity index is 2.31. The van der Waals surface area contributed by atoms with Crippen LogP contribution in [0.25, 0.3) is 0 Å². The Hall–Kier alpha value is -2.24. The summed E-state index contributed by atoms with van der Waals surface area (Å²) in [6.07, 6.45) is 2.19. The molecule has 0 bridgehead atoms. The second-order valence-electron chi connectivity index (χ2n) is 4.37. The standard InChI is InChI=1S/C14H17NO5/c1-2-4-13(16)20-14(17)6-3-5-11-7-9-12(10-8-11)15(18)19/h7-10H,2-6H2,1H3. The van der Waals surface area contributed by atoms with Gasteiger partial charge < -0.3 is 4.74 Å². The van der Waals surface area contributed by atoms with E-state index in [9.17, 15) is 19.7 Å². The van der Waals surface area contributed by atoms with Crippen LogP contribution in [0.3, 0.4) is 0 Å². The number of nitro benzene ring substituents is 1. The van der Waals surface area contributed by atoms with Gasteiger partial charge in [-0.1, -0.05) is 19.1 Å². The summed E-state index contributed by atoms with van der Waals surface area (Å²) >= 11 is 0. The van der Waals surface area contributed by atoms with Crippen LogP contribution in [0.1, 0.15) is 38.2 Å². The molecule has 0 unspecified atom stereocenters. The summed E-state index contributed by atoms with van der Waals surface area (Å²) in [5.41, 5.74) is 0.946. The molecule has 1 aromatic rings. The Morgan fingerprint density at radius 2 is 1.75 bits per heavy atom. The van der Waals surface area contributed by atoms with Crippen molar-refractivity contribution in [3.63, 3.8) is 0 Å². The van der Waals surface area contributed by atoms with Crippen LogP contribution in [0.15, 0.2) is 24.3 Å². The minimum atomic E-state index is -0.523. The summed E-state index contributed by atoms with van der Waals surface area (Å²) in [7, 11) is 0. The number of rotatable bonds is 7. The van der Waals surface area contributed by atoms with E-state index in [2.05, 4.69) is 4.74 Å². The molecule has 0 saturated carbocycles. The van der Waals surface area contributed by atoms with Crippen LogP contribution in [-0.2, 0) is 20.7 Å². The first-order valence-corrected chi connectivity index (χ1v) is 6.49. The maximum absolute atomic E-state index is 11.3. The largest absolute Gasteiger partial charge is 0.393 e. The molecule has 108 valence electrons. The number of nitro groups is 1. The molecule has 0 saturated heterocycles. The van der Waals surface area contributed by atoms with Crippen LogP contribution >= 0.6 is 0 Å². The third kappa shape index (κ3) is 5.60. The highest BCUT2D eigenvalue weighted by molar-refractivity contribution is 5.85. The molecule has 6 heteroatoms. The number of non-ortho nitro benzene ring substituents is 1. The third-order valence-electron chi connectivity index (χ3n) is 2.68. The minimum Gasteiger partial charge on any atom is -0.393 e. The zero-order chi connectivity index (χ0) is 15.0. The number of esters is 2. The molecular weight excluding hydrogens is 262 g/mol. The number of carbonyl (C=O) groups is 2. The molecule has 0 aromatic heterocycles. The van der Waals surface area contributed by atoms with Crippen molar-refractivity contribution in [3.05, 3.63) is 39.9 Å². The Kier molecular flexibility index (Phi) is 6.36. The molecule has 0 N–H and O–H groups in total. The van der Waals surface area contributed by atoms with Gasteiger partial charge in [-0.2, -0.15) is 0 Å². The molecule has 0 aliphatic carbocycles. The molecule has 1 aromatic carbocycles. The highest BCUT2D eigenvalue weighted by Gasteiger charge is 2.09. The Morgan fingerprint density at radius 1 is 1.15 bits per heavy atom. The average molecular weight is 279 g/mol. The van der Waals surface area contributed by atoms with Gasteiger partial charge in [0.25, 0.3) is 5.69 Å². The van der Waals surface area contributed by atoms with Crippen molar-refractivity contribution in [3.8, 4) is 0 Å². The van der Waals surface area contributed by atoms with E-state index in [-0.39, 0.29) is 18.5 Å². The second-order valence-corrected chi connectivity index (χ2v) is 4.37. The molecule has 1 rings (SSSR count). The fraction of sp³-hybridized carbons (Fsp3) is 0.429. The number of nitrogens with zero attached hydrogens (tertiary/aromatic N) is 1. The normalized spacial score (nSPS) is 10.1. The van der Waals surface area contributed by atoms with Crippen molar-refractivity contribution in [2.24, 2.45) is 0 Å². The molecule has 0 spiro atoms. The SMILES string of the molecule is CCCC(=O)OC(=O)CCCc1ccc([N+](=O)[O-])cc1. The van der Waals surface area contributed by atoms with Crippen molar-refractivity contribution in [2.45, 2.75) is 39.0 Å². The zero-order valence-electron chi connectivity index (χ0n) is 11.3. The van der Waals surface area contributed by atoms with Gasteiger partial charge in [0.15, 0.2) is 0 Å². The van der Waals surface area contributed by atoms with E-state index < -0.39 is 16.9 Å². The lowest BCUT2D eigenvalue weighted by atomic mass is 10.1. The lowest BCUT2D eigenvalue weighted by Gasteiger charge is -2.02. The Labute approximate surface area is 116 Å². The van der Waals surface area contributed by atoms with Gasteiger partial charge in [0.2, 0.25) is 0 Å². The topological polar surface area (TPSA) is 86.5 Å². The quantitative estimate of drug-likeness (QED) is 0.331. The summed E-state index contributed by atoms with van der Waals surface area (Å²) in [6.45, 7) is 1.83. The summed E-state index contributed by atoms with van der Waals surface area (Å²) in [4.78, 5) is 32.4. The Bertz CT molecular complexity index is 481. The van der Waals surface area contributed by atoms with Gasteiger partial charge in [0, 0.05) is 25.0 Å². The molecule has 0 radical (unpaired) electrons. The van der Waals surface area contributed by atoms with Gasteiger partial charge in [-0.15, -0.1) is 0 Å². The van der Waals surface area contributed by atoms with Crippen LogP contribution in [0.5, 0.6) is 0 Å². The number of hydrogen-bond donors (Lipinski definition) is 0. The number of carbonyl (C=O) groups excluding carboxylic acids is 2. The van der Waals surface area contributed by atoms with Gasteiger partial charge in [0.1, 0.15) is 0 Å². The monoisotopic (exact) mass is 279 g/mol. The predicted molar refractivity (Wildman–Crippen MR) is 72.0 cm³/mol. The van der Waals surface area contributed by atoms with Crippen molar-refractivity contribution >= 4 is 17.6 Å². The van der Waals surface area contributed by atoms with Gasteiger partial charge in [0.05, 0.1) is 4.92 Å². The predicted octanol–water partition coefficient (Wildman–Crippen LogP) is 2.79. The van der Waals surface area contributed by atoms with E-state index in [0.717, 1.165) is 5.56 Å². The van der Waals surface area contributed by atoms with Crippen LogP contribution in [-0.4, -0.2) is 16.9 Å². The fourth-order valence-corrected chi connectivity index (χ4v) is 1.65. The molecule has 0 heterocycles. The summed E-state index contributed by atoms with van der Waals surface area (Å²) < 4.78 is 4.61. The fourth-order valence-electron chi connectivity index (χ4n) is 1.65. The number of ether oxygens (including phenoxy) is 1. The maximum atomic E-state index is 11.3. The van der Waals surface area contributed by atoms with Crippen LogP contribution in [0.2, 0.25) is 0 Å². The van der Waals surface area contributed by atoms with Crippen molar-refractivity contribution in [2.75, 3.05) is 0 Å². The zero-order valence-corrected chi connectivity index (χ0v) is 11.3. The highest BCUT2D eigenvalue weighted by atomic mass is 16.6. The first-order valence-electron chi connectivity index (χ1n) is 6.49. The summed E-state index contributed by atoms with van der Waals surface area (Å²) in [5.74, 6) is -1.02. The molecule has 0 atom stereocenters. The molecule has 0 fully saturated rings. The molecule has 0 amide bonds. The maximum Gasteiger partial charge on any atom is 0.313 e. The van der Waals surface area contributed by atoms with E-state index >= 15 is 0 Å². The highest BCUT2D eigenvalue weighted by Crippen LogP contribution is 2.13. The van der Waals surface area contributed by atoms with Crippen molar-refractivity contribution < 1.29 is 19.2 Å². The first-order chi connectivity index (χ1) is 9.52. The van der Waals surface area contributed by atoms with Gasteiger partial charge in [-0.3, -0.25) is 19.7 Å². The average Bonchev–Trinajstić information content (AvgIpc) is 2.39. The van der Waals surface area contributed by atoms with E-state index in [4.69, 9.17) is 0 Å². The third-order valence-corrected chi connectivity index (χ3v) is 2.68. The lowest BCUT2D eigenvalue weighted by molar-refractivity contribution is -0.384. The van der Waals surface area contributed by atoms with Gasteiger partial charge in [-0.05, 0) is 24.8 Å². The summed E-state index contributed by atoms with van der Waals surface area (Å²) in [5, 5.41) is 10.5. The number of aryl methyl sites for hydroxylation is 1. The first kappa shape index (κ1) is 15.8. The number of benzene rings is 1. The lowest BCUT2D eigenvalue weighted by Crippen LogP contribution is -2.11. The number of hydrogen-bond acceptors (Lipinski definition) is 5. The minimum absolute atomic E-state index is 0.0401. The molecule has 6 nitrogen and oxygen atoms in total. The van der Waals surface area contributed by atoms with E-state index in [1.807, 2.05) is 6.92 Å². The molecule has 0 aliphatic rings. The smallest absolute Gasteiger partial charge is 0.313 e. The Morgan fingerprint density at radius 3 is 2.30 bits per heavy atom. The molecule has 20 heavy (non-hydrogen) atoms. The van der Waals surface area contributed by atoms with Crippen molar-refractivity contribution in [1.82, 2.24) is 0 Å². The van der Waals surface area contributed by atoms with Crippen molar-refractivity contribution in [1.29, 1.82) is 0 Å². The van der Waals surface area contributed by atoms with E-state index in [0.29, 0.717) is 19.3 Å². The van der Waals surface area contributed by atoms with Crippen LogP contribution in [0, 0.1) is 10.1 Å². The van der Waals surface area contributed by atoms with Crippen LogP contribution < -0.4 is 0 Å².